The zero-order chi connectivity index (χ0) is 15.0. The highest BCUT2D eigenvalue weighted by Crippen LogP contribution is 2.23. The fourth-order valence-electron chi connectivity index (χ4n) is 2.13. The minimum absolute atomic E-state index is 0.307. The molecule has 0 aliphatic rings. The first-order chi connectivity index (χ1) is 10.0. The molecule has 0 saturated heterocycles. The van der Waals surface area contributed by atoms with Crippen molar-refractivity contribution >= 4 is 16.9 Å². The van der Waals surface area contributed by atoms with E-state index in [1.807, 2.05) is 6.92 Å². The lowest BCUT2D eigenvalue weighted by Crippen LogP contribution is -2.08. The highest BCUT2D eigenvalue weighted by atomic mass is 16.5. The van der Waals surface area contributed by atoms with Crippen LogP contribution in [-0.2, 0) is 0 Å². The lowest BCUT2D eigenvalue weighted by atomic mass is 10.1. The van der Waals surface area contributed by atoms with Crippen molar-refractivity contribution in [1.29, 1.82) is 0 Å². The maximum absolute atomic E-state index is 12.0. The van der Waals surface area contributed by atoms with Crippen LogP contribution >= 0.6 is 0 Å². The molecule has 5 nitrogen and oxygen atoms in total. The van der Waals surface area contributed by atoms with Gasteiger partial charge in [-0.25, -0.2) is 9.59 Å². The average molecular weight is 284 g/mol. The second-order valence-corrected chi connectivity index (χ2v) is 4.69. The van der Waals surface area contributed by atoms with Crippen molar-refractivity contribution in [2.75, 3.05) is 0 Å². The van der Waals surface area contributed by atoms with Gasteiger partial charge < -0.3 is 13.6 Å². The zero-order valence-electron chi connectivity index (χ0n) is 11.5. The molecule has 0 radical (unpaired) electrons. The molecule has 0 aliphatic carbocycles. The van der Waals surface area contributed by atoms with Gasteiger partial charge in [0.1, 0.15) is 22.7 Å². The van der Waals surface area contributed by atoms with Gasteiger partial charge in [0.15, 0.2) is 0 Å². The quantitative estimate of drug-likeness (QED) is 0.410. The van der Waals surface area contributed by atoms with Gasteiger partial charge in [-0.1, -0.05) is 0 Å². The maximum atomic E-state index is 12.0. The number of carbonyl (C=O) groups is 1. The molecule has 0 bridgehead atoms. The van der Waals surface area contributed by atoms with Crippen LogP contribution in [0.25, 0.3) is 11.0 Å². The minimum atomic E-state index is -0.518. The molecule has 3 aromatic rings. The maximum Gasteiger partial charge on any atom is 0.347 e. The van der Waals surface area contributed by atoms with Gasteiger partial charge in [-0.05, 0) is 37.6 Å². The molecule has 0 N–H and O–H groups in total. The Bertz CT molecular complexity index is 885. The van der Waals surface area contributed by atoms with Crippen molar-refractivity contribution in [2.45, 2.75) is 13.8 Å². The summed E-state index contributed by atoms with van der Waals surface area (Å²) in [5.41, 5.74) is 1.12. The fourth-order valence-corrected chi connectivity index (χ4v) is 2.13. The average Bonchev–Trinajstić information content (AvgIpc) is 2.84. The second-order valence-electron chi connectivity index (χ2n) is 4.69. The first-order valence-electron chi connectivity index (χ1n) is 6.35. The summed E-state index contributed by atoms with van der Waals surface area (Å²) in [6, 6.07) is 7.89. The van der Waals surface area contributed by atoms with Gasteiger partial charge in [-0.15, -0.1) is 0 Å². The van der Waals surface area contributed by atoms with Crippen LogP contribution in [0.4, 0.5) is 0 Å². The van der Waals surface area contributed by atoms with Crippen LogP contribution < -0.4 is 10.4 Å². The van der Waals surface area contributed by atoms with Crippen LogP contribution in [0.1, 0.15) is 21.7 Å². The number of hydrogen-bond donors (Lipinski definition) is 0. The van der Waals surface area contributed by atoms with Crippen molar-refractivity contribution in [3.63, 3.8) is 0 Å². The van der Waals surface area contributed by atoms with E-state index in [-0.39, 0.29) is 0 Å². The first-order valence-corrected chi connectivity index (χ1v) is 6.35. The molecule has 0 aliphatic heterocycles. The Morgan fingerprint density at radius 2 is 1.95 bits per heavy atom. The summed E-state index contributed by atoms with van der Waals surface area (Å²) < 4.78 is 15.4. The summed E-state index contributed by atoms with van der Waals surface area (Å²) in [6.07, 6.45) is 1.43. The smallest absolute Gasteiger partial charge is 0.347 e. The Labute approximate surface area is 119 Å². The van der Waals surface area contributed by atoms with Crippen LogP contribution in [0.15, 0.2) is 50.2 Å². The van der Waals surface area contributed by atoms with Gasteiger partial charge in [-0.3, -0.25) is 0 Å². The Morgan fingerprint density at radius 3 is 2.67 bits per heavy atom. The van der Waals surface area contributed by atoms with Gasteiger partial charge in [0.25, 0.3) is 0 Å². The van der Waals surface area contributed by atoms with Crippen molar-refractivity contribution in [2.24, 2.45) is 0 Å². The molecule has 21 heavy (non-hydrogen) atoms. The molecule has 1 aromatic carbocycles. The third-order valence-electron chi connectivity index (χ3n) is 3.21. The first kappa shape index (κ1) is 13.2. The molecule has 0 amide bonds. The van der Waals surface area contributed by atoms with E-state index in [0.717, 1.165) is 10.9 Å². The zero-order valence-corrected chi connectivity index (χ0v) is 11.5. The summed E-state index contributed by atoms with van der Waals surface area (Å²) in [5, 5.41) is 0.800. The highest BCUT2D eigenvalue weighted by molar-refractivity contribution is 5.92. The fraction of sp³-hybridized carbons (Fsp3) is 0.125. The van der Waals surface area contributed by atoms with Gasteiger partial charge >= 0.3 is 11.6 Å². The van der Waals surface area contributed by atoms with Crippen molar-refractivity contribution < 1.29 is 18.4 Å². The van der Waals surface area contributed by atoms with Gasteiger partial charge in [-0.2, -0.15) is 0 Å². The molecule has 0 spiro atoms. The minimum Gasteiger partial charge on any atom is -0.469 e. The summed E-state index contributed by atoms with van der Waals surface area (Å²) in [6.45, 7) is 3.50. The van der Waals surface area contributed by atoms with Gasteiger partial charge in [0.05, 0.1) is 6.26 Å². The second kappa shape index (κ2) is 4.94. The SMILES string of the molecule is Cc1occc1C(=O)Oc1ccc2c(C)cc(=O)oc2c1. The van der Waals surface area contributed by atoms with E-state index < -0.39 is 11.6 Å². The van der Waals surface area contributed by atoms with Crippen molar-refractivity contribution in [1.82, 2.24) is 0 Å². The third kappa shape index (κ3) is 2.45. The number of ether oxygens (including phenoxy) is 1. The van der Waals surface area contributed by atoms with Crippen LogP contribution in [0, 0.1) is 13.8 Å². The van der Waals surface area contributed by atoms with E-state index >= 15 is 0 Å². The van der Waals surface area contributed by atoms with E-state index in [1.54, 1.807) is 25.1 Å². The number of rotatable bonds is 2. The summed E-state index contributed by atoms with van der Waals surface area (Å²) in [5.74, 6) is 0.278. The Kier molecular flexibility index (Phi) is 3.10. The summed E-state index contributed by atoms with van der Waals surface area (Å²) in [7, 11) is 0. The van der Waals surface area contributed by atoms with Crippen LogP contribution in [0.3, 0.4) is 0 Å². The van der Waals surface area contributed by atoms with Crippen LogP contribution in [0.2, 0.25) is 0 Å². The molecule has 3 rings (SSSR count). The summed E-state index contributed by atoms with van der Waals surface area (Å²) in [4.78, 5) is 23.4. The monoisotopic (exact) mass is 284 g/mol. The normalized spacial score (nSPS) is 10.8. The van der Waals surface area contributed by atoms with Gasteiger partial charge in [0, 0.05) is 17.5 Å². The third-order valence-corrected chi connectivity index (χ3v) is 3.21. The predicted octanol–water partition coefficient (Wildman–Crippen LogP) is 3.22. The van der Waals surface area contributed by atoms with E-state index in [9.17, 15) is 9.59 Å². The lowest BCUT2D eigenvalue weighted by molar-refractivity contribution is 0.0733. The van der Waals surface area contributed by atoms with E-state index in [1.165, 1.54) is 18.4 Å². The molecule has 0 unspecified atom stereocenters. The topological polar surface area (TPSA) is 69.7 Å². The number of furan rings is 1. The van der Waals surface area contributed by atoms with Crippen molar-refractivity contribution in [3.05, 3.63) is 63.9 Å². The number of hydrogen-bond acceptors (Lipinski definition) is 5. The standard InChI is InChI=1S/C16H12O5/c1-9-7-15(17)21-14-8-11(3-4-12(9)14)20-16(18)13-5-6-19-10(13)2/h3-8H,1-2H3. The predicted molar refractivity (Wildman–Crippen MR) is 75.6 cm³/mol. The Hall–Kier alpha value is -2.82. The molecular weight excluding hydrogens is 272 g/mol. The van der Waals surface area contributed by atoms with E-state index in [0.29, 0.717) is 22.7 Å². The molecule has 0 atom stereocenters. The number of esters is 1. The molecule has 0 saturated carbocycles. The number of carbonyl (C=O) groups excluding carboxylic acids is 1. The van der Waals surface area contributed by atoms with Crippen molar-refractivity contribution in [3.8, 4) is 5.75 Å². The molecule has 2 aromatic heterocycles. The molecular formula is C16H12O5. The van der Waals surface area contributed by atoms with Gasteiger partial charge in [0.2, 0.25) is 0 Å². The van der Waals surface area contributed by atoms with Crippen LogP contribution in [0.5, 0.6) is 5.75 Å². The molecule has 5 heteroatoms. The molecule has 0 fully saturated rings. The number of aryl methyl sites for hydroxylation is 2. The number of benzene rings is 1. The Balaban J connectivity index is 1.97. The molecule has 2 heterocycles. The largest absolute Gasteiger partial charge is 0.469 e. The molecule has 106 valence electrons. The van der Waals surface area contributed by atoms with Crippen LogP contribution in [-0.4, -0.2) is 5.97 Å². The van der Waals surface area contributed by atoms with E-state index in [4.69, 9.17) is 13.6 Å². The number of fused-ring (bicyclic) bond motifs is 1. The van der Waals surface area contributed by atoms with E-state index in [2.05, 4.69) is 0 Å². The summed E-state index contributed by atoms with van der Waals surface area (Å²) >= 11 is 0. The lowest BCUT2D eigenvalue weighted by Gasteiger charge is -2.05. The Morgan fingerprint density at radius 1 is 1.14 bits per heavy atom. The highest BCUT2D eigenvalue weighted by Gasteiger charge is 2.14.